The third-order valence-electron chi connectivity index (χ3n) is 1.74. The van der Waals surface area contributed by atoms with Crippen LogP contribution in [0.15, 0.2) is 0 Å². The highest BCUT2D eigenvalue weighted by molar-refractivity contribution is 5.89. The van der Waals surface area contributed by atoms with Crippen molar-refractivity contribution in [2.24, 2.45) is 5.92 Å². The second kappa shape index (κ2) is 5.70. The lowest BCUT2D eigenvalue weighted by Crippen LogP contribution is -2.40. The molecule has 0 aliphatic rings. The van der Waals surface area contributed by atoms with Crippen molar-refractivity contribution in [2.45, 2.75) is 33.2 Å². The van der Waals surface area contributed by atoms with Crippen LogP contribution >= 0.6 is 0 Å². The average molecular weight is 187 g/mol. The number of carboxylic acid groups (broad SMARTS) is 1. The summed E-state index contributed by atoms with van der Waals surface area (Å²) in [6, 6.07) is -0.539. The van der Waals surface area contributed by atoms with Crippen molar-refractivity contribution < 1.29 is 14.7 Å². The van der Waals surface area contributed by atoms with Crippen molar-refractivity contribution >= 4 is 11.8 Å². The highest BCUT2D eigenvalue weighted by Crippen LogP contribution is 2.03. The van der Waals surface area contributed by atoms with Crippen LogP contribution in [0.4, 0.5) is 0 Å². The first-order valence-corrected chi connectivity index (χ1v) is 4.48. The Morgan fingerprint density at radius 2 is 1.92 bits per heavy atom. The van der Waals surface area contributed by atoms with Gasteiger partial charge in [0.15, 0.2) is 5.78 Å². The predicted octanol–water partition coefficient (Wildman–Crippen LogP) is 0.664. The minimum atomic E-state index is -0.944. The van der Waals surface area contributed by atoms with Crippen molar-refractivity contribution in [2.75, 3.05) is 6.54 Å². The maximum absolute atomic E-state index is 11.4. The van der Waals surface area contributed by atoms with Crippen LogP contribution in [0.25, 0.3) is 0 Å². The maximum atomic E-state index is 11.4. The van der Waals surface area contributed by atoms with E-state index in [4.69, 9.17) is 5.11 Å². The number of nitrogens with one attached hydrogen (secondary N) is 1. The van der Waals surface area contributed by atoms with Gasteiger partial charge in [-0.1, -0.05) is 20.8 Å². The quantitative estimate of drug-likeness (QED) is 0.641. The summed E-state index contributed by atoms with van der Waals surface area (Å²) in [5.74, 6) is -1.10. The standard InChI is InChI=1S/C9H17NO3/c1-4-10-7(5-8(11)12)9(13)6(2)3/h6-7,10H,4-5H2,1-3H3,(H,11,12)/t7-/m0/s1. The second-order valence-corrected chi connectivity index (χ2v) is 3.27. The molecule has 0 aromatic carbocycles. The van der Waals surface area contributed by atoms with E-state index in [1.54, 1.807) is 13.8 Å². The predicted molar refractivity (Wildman–Crippen MR) is 49.6 cm³/mol. The van der Waals surface area contributed by atoms with E-state index >= 15 is 0 Å². The largest absolute Gasteiger partial charge is 0.481 e. The van der Waals surface area contributed by atoms with E-state index in [2.05, 4.69) is 5.32 Å². The van der Waals surface area contributed by atoms with E-state index in [0.717, 1.165) is 0 Å². The molecule has 0 aromatic rings. The molecule has 0 amide bonds. The molecule has 0 radical (unpaired) electrons. The fourth-order valence-electron chi connectivity index (χ4n) is 1.10. The van der Waals surface area contributed by atoms with E-state index in [0.29, 0.717) is 6.54 Å². The molecular weight excluding hydrogens is 170 g/mol. The number of hydrogen-bond donors (Lipinski definition) is 2. The maximum Gasteiger partial charge on any atom is 0.305 e. The van der Waals surface area contributed by atoms with Crippen LogP contribution in [0.1, 0.15) is 27.2 Å². The summed E-state index contributed by atoms with van der Waals surface area (Å²) >= 11 is 0. The lowest BCUT2D eigenvalue weighted by Gasteiger charge is -2.16. The number of hydrogen-bond acceptors (Lipinski definition) is 3. The lowest BCUT2D eigenvalue weighted by molar-refractivity contribution is -0.140. The molecule has 0 spiro atoms. The molecule has 0 saturated carbocycles. The van der Waals surface area contributed by atoms with E-state index in [1.165, 1.54) is 0 Å². The van der Waals surface area contributed by atoms with Crippen LogP contribution in [-0.4, -0.2) is 29.4 Å². The van der Waals surface area contributed by atoms with Crippen LogP contribution in [0, 0.1) is 5.92 Å². The Morgan fingerprint density at radius 1 is 1.38 bits per heavy atom. The van der Waals surface area contributed by atoms with E-state index < -0.39 is 12.0 Å². The van der Waals surface area contributed by atoms with E-state index in [-0.39, 0.29) is 18.1 Å². The molecule has 4 nitrogen and oxygen atoms in total. The highest BCUT2D eigenvalue weighted by atomic mass is 16.4. The van der Waals surface area contributed by atoms with Gasteiger partial charge in [0.05, 0.1) is 12.5 Å². The van der Waals surface area contributed by atoms with Gasteiger partial charge in [0.2, 0.25) is 0 Å². The molecule has 1 atom stereocenters. The average Bonchev–Trinajstić information content (AvgIpc) is 2.01. The monoisotopic (exact) mass is 187 g/mol. The van der Waals surface area contributed by atoms with Crippen molar-refractivity contribution in [1.29, 1.82) is 0 Å². The first-order valence-electron chi connectivity index (χ1n) is 4.48. The molecule has 0 aliphatic carbocycles. The summed E-state index contributed by atoms with van der Waals surface area (Å²) < 4.78 is 0. The molecule has 0 aromatic heterocycles. The molecule has 0 saturated heterocycles. The number of carbonyl (C=O) groups excluding carboxylic acids is 1. The zero-order valence-electron chi connectivity index (χ0n) is 8.33. The fourth-order valence-corrected chi connectivity index (χ4v) is 1.10. The Hall–Kier alpha value is -0.900. The zero-order valence-corrected chi connectivity index (χ0v) is 8.33. The van der Waals surface area contributed by atoms with Crippen molar-refractivity contribution in [3.8, 4) is 0 Å². The second-order valence-electron chi connectivity index (χ2n) is 3.27. The number of Topliss-reactive ketones (excluding diaryl/α,β-unsaturated/α-hetero) is 1. The Kier molecular flexibility index (Phi) is 5.30. The third-order valence-corrected chi connectivity index (χ3v) is 1.74. The van der Waals surface area contributed by atoms with Crippen LogP contribution in [0.5, 0.6) is 0 Å². The summed E-state index contributed by atoms with van der Waals surface area (Å²) in [4.78, 5) is 21.9. The fraction of sp³-hybridized carbons (Fsp3) is 0.778. The van der Waals surface area contributed by atoms with Crippen molar-refractivity contribution in [1.82, 2.24) is 5.32 Å². The summed E-state index contributed by atoms with van der Waals surface area (Å²) in [7, 11) is 0. The summed E-state index contributed by atoms with van der Waals surface area (Å²) in [5.41, 5.74) is 0. The summed E-state index contributed by atoms with van der Waals surface area (Å²) in [6.45, 7) is 6.00. The highest BCUT2D eigenvalue weighted by Gasteiger charge is 2.22. The first-order chi connectivity index (χ1) is 5.99. The molecule has 0 unspecified atom stereocenters. The van der Waals surface area contributed by atoms with Crippen LogP contribution in [0.2, 0.25) is 0 Å². The van der Waals surface area contributed by atoms with Gasteiger partial charge in [0, 0.05) is 5.92 Å². The molecule has 0 rings (SSSR count). The summed E-state index contributed by atoms with van der Waals surface area (Å²) in [6.07, 6.45) is -0.134. The van der Waals surface area contributed by atoms with Gasteiger partial charge in [-0.3, -0.25) is 9.59 Å². The first kappa shape index (κ1) is 12.1. The normalized spacial score (nSPS) is 12.9. The molecular formula is C9H17NO3. The summed E-state index contributed by atoms with van der Waals surface area (Å²) in [5, 5.41) is 11.4. The molecule has 0 heterocycles. The Balaban J connectivity index is 4.23. The number of likely N-dealkylation sites (N-methyl/N-ethyl adjacent to an activating group) is 1. The lowest BCUT2D eigenvalue weighted by atomic mass is 9.99. The van der Waals surface area contributed by atoms with Gasteiger partial charge < -0.3 is 10.4 Å². The van der Waals surface area contributed by atoms with E-state index in [1.807, 2.05) is 6.92 Å². The molecule has 13 heavy (non-hydrogen) atoms. The number of ketones is 1. The number of carboxylic acids is 1. The van der Waals surface area contributed by atoms with Crippen LogP contribution < -0.4 is 5.32 Å². The third kappa shape index (κ3) is 4.62. The number of rotatable bonds is 6. The minimum absolute atomic E-state index is 0.0377. The van der Waals surface area contributed by atoms with Gasteiger partial charge in [0.25, 0.3) is 0 Å². The van der Waals surface area contributed by atoms with Gasteiger partial charge in [-0.15, -0.1) is 0 Å². The topological polar surface area (TPSA) is 66.4 Å². The van der Waals surface area contributed by atoms with Gasteiger partial charge in [-0.2, -0.15) is 0 Å². The Bertz CT molecular complexity index is 189. The number of carbonyl (C=O) groups is 2. The molecule has 2 N–H and O–H groups in total. The molecule has 0 aliphatic heterocycles. The minimum Gasteiger partial charge on any atom is -0.481 e. The molecule has 0 fully saturated rings. The number of aliphatic carboxylic acids is 1. The van der Waals surface area contributed by atoms with Gasteiger partial charge >= 0.3 is 5.97 Å². The van der Waals surface area contributed by atoms with Crippen molar-refractivity contribution in [3.05, 3.63) is 0 Å². The Labute approximate surface area is 78.3 Å². The zero-order chi connectivity index (χ0) is 10.4. The van der Waals surface area contributed by atoms with Crippen LogP contribution in [-0.2, 0) is 9.59 Å². The van der Waals surface area contributed by atoms with E-state index in [9.17, 15) is 9.59 Å². The van der Waals surface area contributed by atoms with Gasteiger partial charge in [0.1, 0.15) is 0 Å². The van der Waals surface area contributed by atoms with Gasteiger partial charge in [-0.25, -0.2) is 0 Å². The van der Waals surface area contributed by atoms with Crippen LogP contribution in [0.3, 0.4) is 0 Å². The molecule has 4 heteroatoms. The van der Waals surface area contributed by atoms with Gasteiger partial charge in [-0.05, 0) is 6.54 Å². The molecule has 76 valence electrons. The smallest absolute Gasteiger partial charge is 0.305 e. The van der Waals surface area contributed by atoms with Crippen molar-refractivity contribution in [3.63, 3.8) is 0 Å². The SMILES string of the molecule is CCN[C@@H](CC(=O)O)C(=O)C(C)C. The Morgan fingerprint density at radius 3 is 2.23 bits per heavy atom. The molecule has 0 bridgehead atoms.